The number of rotatable bonds is 4. The van der Waals surface area contributed by atoms with Gasteiger partial charge in [0.25, 0.3) is 0 Å². The van der Waals surface area contributed by atoms with Crippen LogP contribution in [0.3, 0.4) is 0 Å². The van der Waals surface area contributed by atoms with Gasteiger partial charge in [-0.05, 0) is 26.4 Å². The molecule has 0 atom stereocenters. The van der Waals surface area contributed by atoms with Crippen LogP contribution in [0.4, 0.5) is 0 Å². The zero-order valence-electron chi connectivity index (χ0n) is 8.22. The summed E-state index contributed by atoms with van der Waals surface area (Å²) in [6.45, 7) is 5.07. The third-order valence-electron chi connectivity index (χ3n) is 1.43. The van der Waals surface area contributed by atoms with E-state index in [2.05, 4.69) is 15.3 Å². The van der Waals surface area contributed by atoms with E-state index in [0.29, 0.717) is 0 Å². The van der Waals surface area contributed by atoms with E-state index in [9.17, 15) is 0 Å². The smallest absolute Gasteiger partial charge is 0.0921 e. The summed E-state index contributed by atoms with van der Waals surface area (Å²) < 4.78 is 0. The van der Waals surface area contributed by atoms with Crippen molar-refractivity contribution >= 4 is 0 Å². The molecule has 0 fully saturated rings. The Hall–Kier alpha value is -0.830. The molecule has 0 saturated carbocycles. The third-order valence-corrected chi connectivity index (χ3v) is 1.43. The molecule has 0 radical (unpaired) electrons. The van der Waals surface area contributed by atoms with Gasteiger partial charge in [0, 0.05) is 11.9 Å². The molecule has 0 bridgehead atoms. The molecule has 1 heterocycles. The number of aromatic nitrogens is 2. The molecule has 70 valence electrons. The minimum atomic E-state index is 1.07. The molecule has 0 aromatic carbocycles. The zero-order chi connectivity index (χ0) is 9.23. The van der Waals surface area contributed by atoms with Gasteiger partial charge >= 0.3 is 0 Å². The normalized spacial score (nSPS) is 8.92. The summed E-state index contributed by atoms with van der Waals surface area (Å²) in [5.74, 6) is 0. The zero-order valence-corrected chi connectivity index (χ0v) is 8.22. The van der Waals surface area contributed by atoms with Crippen molar-refractivity contribution in [1.82, 2.24) is 15.3 Å². The molecule has 3 heteroatoms. The van der Waals surface area contributed by atoms with Crippen LogP contribution in [0.25, 0.3) is 0 Å². The van der Waals surface area contributed by atoms with Crippen molar-refractivity contribution in [2.45, 2.75) is 26.7 Å². The lowest BCUT2D eigenvalue weighted by molar-refractivity contribution is 0.717. The Morgan fingerprint density at radius 3 is 2.75 bits per heavy atom. The molecule has 1 rings (SSSR count). The van der Waals surface area contributed by atoms with Crippen LogP contribution in [-0.2, 0) is 6.42 Å². The largest absolute Gasteiger partial charge is 0.348 e. The first kappa shape index (κ1) is 11.2. The summed E-state index contributed by atoms with van der Waals surface area (Å²) >= 11 is 0. The van der Waals surface area contributed by atoms with Crippen LogP contribution in [0.5, 0.6) is 0 Å². The van der Waals surface area contributed by atoms with E-state index in [0.717, 1.165) is 13.0 Å². The van der Waals surface area contributed by atoms with E-state index < -0.39 is 0 Å². The lowest BCUT2D eigenvalue weighted by Gasteiger charge is -1.95. The fourth-order valence-corrected chi connectivity index (χ4v) is 0.877. The molecule has 0 amide bonds. The Labute approximate surface area is 74.6 Å². The molecule has 0 aliphatic carbocycles. The number of imidazole rings is 1. The number of nitrogens with one attached hydrogen (secondary N) is 2. The Kier molecular flexibility index (Phi) is 7.70. The van der Waals surface area contributed by atoms with Crippen LogP contribution in [-0.4, -0.2) is 23.6 Å². The van der Waals surface area contributed by atoms with Gasteiger partial charge in [0.15, 0.2) is 0 Å². The Bertz CT molecular complexity index is 158. The summed E-state index contributed by atoms with van der Waals surface area (Å²) in [6.07, 6.45) is 5.84. The second kappa shape index (κ2) is 8.27. The van der Waals surface area contributed by atoms with Gasteiger partial charge in [-0.25, -0.2) is 4.98 Å². The first-order valence-electron chi connectivity index (χ1n) is 4.55. The second-order valence-corrected chi connectivity index (χ2v) is 2.28. The molecule has 0 aliphatic heterocycles. The topological polar surface area (TPSA) is 40.7 Å². The lowest BCUT2D eigenvalue weighted by Crippen LogP contribution is -2.08. The summed E-state index contributed by atoms with van der Waals surface area (Å²) in [5.41, 5.74) is 1.22. The van der Waals surface area contributed by atoms with Crippen LogP contribution < -0.4 is 5.32 Å². The number of aryl methyl sites for hydroxylation is 1. The molecule has 0 unspecified atom stereocenters. The Balaban J connectivity index is 0.000000561. The van der Waals surface area contributed by atoms with Crippen LogP contribution in [0.1, 0.15) is 26.0 Å². The van der Waals surface area contributed by atoms with E-state index in [1.807, 2.05) is 27.1 Å². The number of nitrogens with zero attached hydrogens (tertiary/aromatic N) is 1. The van der Waals surface area contributed by atoms with Crippen molar-refractivity contribution in [2.75, 3.05) is 13.6 Å². The van der Waals surface area contributed by atoms with Crippen molar-refractivity contribution in [3.63, 3.8) is 0 Å². The van der Waals surface area contributed by atoms with Crippen molar-refractivity contribution in [3.05, 3.63) is 18.2 Å². The second-order valence-electron chi connectivity index (χ2n) is 2.28. The molecule has 2 N–H and O–H groups in total. The van der Waals surface area contributed by atoms with E-state index in [4.69, 9.17) is 0 Å². The summed E-state index contributed by atoms with van der Waals surface area (Å²) in [7, 11) is 1.97. The van der Waals surface area contributed by atoms with Crippen LogP contribution in [0.2, 0.25) is 0 Å². The molecule has 3 nitrogen and oxygen atoms in total. The van der Waals surface area contributed by atoms with E-state index in [1.54, 1.807) is 6.33 Å². The molecule has 1 aromatic heterocycles. The standard InChI is InChI=1S/C7H13N3.C2H6/c1-8-4-2-3-7-5-9-6-10-7;1-2/h5-6,8H,2-4H2,1H3,(H,9,10);1-2H3. The van der Waals surface area contributed by atoms with Crippen molar-refractivity contribution in [1.29, 1.82) is 0 Å². The van der Waals surface area contributed by atoms with Gasteiger partial charge in [0.2, 0.25) is 0 Å². The summed E-state index contributed by atoms with van der Waals surface area (Å²) in [5, 5.41) is 3.10. The average Bonchev–Trinajstić information content (AvgIpc) is 2.61. The molecule has 0 saturated heterocycles. The maximum absolute atomic E-state index is 3.92. The highest BCUT2D eigenvalue weighted by atomic mass is 14.9. The third kappa shape index (κ3) is 4.91. The molecule has 1 aromatic rings. The quantitative estimate of drug-likeness (QED) is 0.672. The fraction of sp³-hybridized carbons (Fsp3) is 0.667. The number of hydrogen-bond donors (Lipinski definition) is 2. The van der Waals surface area contributed by atoms with Gasteiger partial charge in [-0.2, -0.15) is 0 Å². The van der Waals surface area contributed by atoms with Gasteiger partial charge in [0.05, 0.1) is 6.33 Å². The first-order valence-corrected chi connectivity index (χ1v) is 4.55. The van der Waals surface area contributed by atoms with Crippen molar-refractivity contribution in [2.24, 2.45) is 0 Å². The molecule has 0 aliphatic rings. The van der Waals surface area contributed by atoms with Gasteiger partial charge in [-0.3, -0.25) is 0 Å². The predicted octanol–water partition coefficient (Wildman–Crippen LogP) is 1.59. The maximum atomic E-state index is 3.92. The average molecular weight is 169 g/mol. The highest BCUT2D eigenvalue weighted by molar-refractivity contribution is 4.93. The molecule has 12 heavy (non-hydrogen) atoms. The number of H-pyrrole nitrogens is 1. The number of hydrogen-bond acceptors (Lipinski definition) is 2. The van der Waals surface area contributed by atoms with E-state index in [-0.39, 0.29) is 0 Å². The summed E-state index contributed by atoms with van der Waals surface area (Å²) in [6, 6.07) is 0. The minimum Gasteiger partial charge on any atom is -0.348 e. The highest BCUT2D eigenvalue weighted by Crippen LogP contribution is 1.94. The van der Waals surface area contributed by atoms with Gasteiger partial charge in [-0.15, -0.1) is 0 Å². The van der Waals surface area contributed by atoms with Gasteiger partial charge < -0.3 is 10.3 Å². The minimum absolute atomic E-state index is 1.07. The highest BCUT2D eigenvalue weighted by Gasteiger charge is 1.90. The van der Waals surface area contributed by atoms with Crippen LogP contribution >= 0.6 is 0 Å². The fourth-order valence-electron chi connectivity index (χ4n) is 0.877. The Morgan fingerprint density at radius 2 is 2.25 bits per heavy atom. The molecule has 0 spiro atoms. The number of aromatic amines is 1. The SMILES string of the molecule is CC.CNCCCc1cnc[nH]1. The first-order chi connectivity index (χ1) is 5.93. The monoisotopic (exact) mass is 169 g/mol. The molecular formula is C9H19N3. The van der Waals surface area contributed by atoms with Crippen molar-refractivity contribution in [3.8, 4) is 0 Å². The van der Waals surface area contributed by atoms with E-state index in [1.165, 1.54) is 12.1 Å². The van der Waals surface area contributed by atoms with Crippen LogP contribution in [0, 0.1) is 0 Å². The van der Waals surface area contributed by atoms with Crippen LogP contribution in [0.15, 0.2) is 12.5 Å². The summed E-state index contributed by atoms with van der Waals surface area (Å²) in [4.78, 5) is 6.98. The van der Waals surface area contributed by atoms with Gasteiger partial charge in [-0.1, -0.05) is 13.8 Å². The molecular weight excluding hydrogens is 150 g/mol. The maximum Gasteiger partial charge on any atom is 0.0921 e. The van der Waals surface area contributed by atoms with E-state index >= 15 is 0 Å². The lowest BCUT2D eigenvalue weighted by atomic mass is 10.2. The Morgan fingerprint density at radius 1 is 1.50 bits per heavy atom. The predicted molar refractivity (Wildman–Crippen MR) is 52.2 cm³/mol. The van der Waals surface area contributed by atoms with Crippen molar-refractivity contribution < 1.29 is 0 Å². The van der Waals surface area contributed by atoms with Gasteiger partial charge in [0.1, 0.15) is 0 Å².